The summed E-state index contributed by atoms with van der Waals surface area (Å²) >= 11 is 0. The van der Waals surface area contributed by atoms with Gasteiger partial charge in [0.05, 0.1) is 6.54 Å². The van der Waals surface area contributed by atoms with Crippen LogP contribution < -0.4 is 0 Å². The van der Waals surface area contributed by atoms with Crippen LogP contribution in [0.2, 0.25) is 0 Å². The Morgan fingerprint density at radius 1 is 1.40 bits per heavy atom. The monoisotopic (exact) mass is 201 g/mol. The van der Waals surface area contributed by atoms with Gasteiger partial charge in [0.2, 0.25) is 0 Å². The molecule has 2 aromatic rings. The lowest BCUT2D eigenvalue weighted by Crippen LogP contribution is -1.82. The molecule has 76 valence electrons. The van der Waals surface area contributed by atoms with Gasteiger partial charge in [-0.15, -0.1) is 5.11 Å². The van der Waals surface area contributed by atoms with Crippen LogP contribution in [0.25, 0.3) is 10.9 Å². The van der Waals surface area contributed by atoms with E-state index < -0.39 is 0 Å². The number of nitrogens with one attached hydrogen (secondary N) is 1. The molecule has 0 aliphatic carbocycles. The van der Waals surface area contributed by atoms with Crippen molar-refractivity contribution in [2.75, 3.05) is 0 Å². The highest BCUT2D eigenvalue weighted by Gasteiger charge is 2.01. The fourth-order valence-corrected chi connectivity index (χ4v) is 1.47. The van der Waals surface area contributed by atoms with Gasteiger partial charge in [0, 0.05) is 29.6 Å². The molecule has 0 aliphatic rings. The molecule has 15 heavy (non-hydrogen) atoms. The number of fused-ring (bicyclic) bond motifs is 1. The molecule has 1 aromatic carbocycles. The summed E-state index contributed by atoms with van der Waals surface area (Å²) in [5.41, 5.74) is 2.13. The van der Waals surface area contributed by atoms with E-state index in [2.05, 4.69) is 15.2 Å². The summed E-state index contributed by atoms with van der Waals surface area (Å²) in [6.45, 7) is 1.82. The zero-order valence-corrected chi connectivity index (χ0v) is 8.40. The highest BCUT2D eigenvalue weighted by Crippen LogP contribution is 2.18. The van der Waals surface area contributed by atoms with E-state index in [0.29, 0.717) is 6.54 Å². The molecule has 0 fully saturated rings. The summed E-state index contributed by atoms with van der Waals surface area (Å²) in [6.07, 6.45) is 1.89. The average Bonchev–Trinajstić information content (AvgIpc) is 2.62. The van der Waals surface area contributed by atoms with Gasteiger partial charge in [-0.25, -0.2) is 0 Å². The number of para-hydroxylation sites is 1. The maximum Gasteiger partial charge on any atom is 0.261 e. The van der Waals surface area contributed by atoms with E-state index in [0.717, 1.165) is 16.5 Å². The van der Waals surface area contributed by atoms with E-state index in [1.54, 1.807) is 0 Å². The second-order valence-electron chi connectivity index (χ2n) is 3.28. The van der Waals surface area contributed by atoms with Gasteiger partial charge in [0.1, 0.15) is 0 Å². The van der Waals surface area contributed by atoms with Gasteiger partial charge in [-0.05, 0) is 6.07 Å². The molecule has 0 radical (unpaired) electrons. The van der Waals surface area contributed by atoms with Crippen molar-refractivity contribution in [2.24, 2.45) is 10.2 Å². The Morgan fingerprint density at radius 3 is 3.00 bits per heavy atom. The number of H-pyrrole nitrogens is 1. The molecule has 1 heterocycles. The van der Waals surface area contributed by atoms with Gasteiger partial charge in [-0.3, -0.25) is 4.79 Å². The van der Waals surface area contributed by atoms with Crippen molar-refractivity contribution in [3.63, 3.8) is 0 Å². The summed E-state index contributed by atoms with van der Waals surface area (Å²) in [5.74, 6) is -0.269. The fourth-order valence-electron chi connectivity index (χ4n) is 1.47. The van der Waals surface area contributed by atoms with E-state index in [-0.39, 0.29) is 5.91 Å². The van der Waals surface area contributed by atoms with Crippen LogP contribution in [0.3, 0.4) is 0 Å². The average molecular weight is 201 g/mol. The maximum absolute atomic E-state index is 10.6. The van der Waals surface area contributed by atoms with Crippen LogP contribution in [0.4, 0.5) is 0 Å². The molecule has 4 nitrogen and oxygen atoms in total. The second-order valence-corrected chi connectivity index (χ2v) is 3.28. The Balaban J connectivity index is 2.25. The first-order valence-electron chi connectivity index (χ1n) is 4.70. The molecular formula is C11H11N3O. The number of azo groups is 1. The van der Waals surface area contributed by atoms with Crippen LogP contribution in [0, 0.1) is 0 Å². The molecule has 0 saturated carbocycles. The number of rotatable bonds is 2. The van der Waals surface area contributed by atoms with Crippen molar-refractivity contribution in [1.29, 1.82) is 0 Å². The van der Waals surface area contributed by atoms with Crippen molar-refractivity contribution in [2.45, 2.75) is 13.5 Å². The first kappa shape index (κ1) is 9.58. The number of nitrogens with zero attached hydrogens (tertiary/aromatic N) is 2. The number of carbonyl (C=O) groups excluding carboxylic acids is 1. The third kappa shape index (κ3) is 2.10. The zero-order valence-electron chi connectivity index (χ0n) is 8.40. The Labute approximate surface area is 87.0 Å². The van der Waals surface area contributed by atoms with Crippen LogP contribution in [-0.4, -0.2) is 10.9 Å². The summed E-state index contributed by atoms with van der Waals surface area (Å²) in [4.78, 5) is 13.7. The molecule has 1 amide bonds. The van der Waals surface area contributed by atoms with Crippen LogP contribution in [0.5, 0.6) is 0 Å². The van der Waals surface area contributed by atoms with Crippen molar-refractivity contribution >= 4 is 16.8 Å². The van der Waals surface area contributed by atoms with E-state index in [1.807, 2.05) is 30.5 Å². The number of carbonyl (C=O) groups is 1. The SMILES string of the molecule is CC(=O)N=NCc1c[nH]c2ccccc12. The summed E-state index contributed by atoms with van der Waals surface area (Å²) in [5, 5.41) is 8.42. The standard InChI is InChI=1S/C11H11N3O/c1-8(15)14-13-7-9-6-12-11-5-3-2-4-10(9)11/h2-6,12H,7H2,1H3. The van der Waals surface area contributed by atoms with Crippen molar-refractivity contribution in [3.8, 4) is 0 Å². The minimum atomic E-state index is -0.269. The van der Waals surface area contributed by atoms with Crippen molar-refractivity contribution in [3.05, 3.63) is 36.0 Å². The molecule has 2 rings (SSSR count). The first-order valence-corrected chi connectivity index (χ1v) is 4.70. The lowest BCUT2D eigenvalue weighted by atomic mass is 10.2. The topological polar surface area (TPSA) is 57.6 Å². The number of hydrogen-bond acceptors (Lipinski definition) is 2. The second kappa shape index (κ2) is 4.04. The van der Waals surface area contributed by atoms with E-state index in [1.165, 1.54) is 6.92 Å². The Hall–Kier alpha value is -1.97. The van der Waals surface area contributed by atoms with Gasteiger partial charge in [-0.1, -0.05) is 18.2 Å². The van der Waals surface area contributed by atoms with Crippen molar-refractivity contribution < 1.29 is 4.79 Å². The van der Waals surface area contributed by atoms with Crippen LogP contribution in [-0.2, 0) is 11.3 Å². The smallest absolute Gasteiger partial charge is 0.261 e. The molecule has 0 saturated heterocycles. The number of hydrogen-bond donors (Lipinski definition) is 1. The Bertz CT molecular complexity index is 513. The minimum Gasteiger partial charge on any atom is -0.361 e. The molecule has 0 unspecified atom stereocenters. The first-order chi connectivity index (χ1) is 7.27. The van der Waals surface area contributed by atoms with Crippen LogP contribution in [0.15, 0.2) is 40.7 Å². The quantitative estimate of drug-likeness (QED) is 0.746. The third-order valence-corrected chi connectivity index (χ3v) is 2.13. The van der Waals surface area contributed by atoms with E-state index in [9.17, 15) is 4.79 Å². The lowest BCUT2D eigenvalue weighted by molar-refractivity contribution is -0.116. The van der Waals surface area contributed by atoms with E-state index in [4.69, 9.17) is 0 Å². The van der Waals surface area contributed by atoms with Gasteiger partial charge in [0.15, 0.2) is 0 Å². The van der Waals surface area contributed by atoms with Crippen LogP contribution in [0.1, 0.15) is 12.5 Å². The molecule has 1 N–H and O–H groups in total. The summed E-state index contributed by atoms with van der Waals surface area (Å²) in [6, 6.07) is 7.97. The van der Waals surface area contributed by atoms with Gasteiger partial charge in [-0.2, -0.15) is 5.11 Å². The van der Waals surface area contributed by atoms with Gasteiger partial charge < -0.3 is 4.98 Å². The highest BCUT2D eigenvalue weighted by molar-refractivity contribution is 5.83. The summed E-state index contributed by atoms with van der Waals surface area (Å²) in [7, 11) is 0. The predicted molar refractivity (Wildman–Crippen MR) is 57.5 cm³/mol. The number of aromatic amines is 1. The molecule has 0 spiro atoms. The maximum atomic E-state index is 10.6. The van der Waals surface area contributed by atoms with Crippen molar-refractivity contribution in [1.82, 2.24) is 4.98 Å². The predicted octanol–water partition coefficient (Wildman–Crippen LogP) is 2.67. The number of amides is 1. The third-order valence-electron chi connectivity index (χ3n) is 2.13. The van der Waals surface area contributed by atoms with E-state index >= 15 is 0 Å². The zero-order chi connectivity index (χ0) is 10.7. The molecule has 0 bridgehead atoms. The molecule has 0 atom stereocenters. The summed E-state index contributed by atoms with van der Waals surface area (Å²) < 4.78 is 0. The number of benzene rings is 1. The van der Waals surface area contributed by atoms with Crippen LogP contribution >= 0.6 is 0 Å². The Kier molecular flexibility index (Phi) is 2.58. The molecular weight excluding hydrogens is 190 g/mol. The van der Waals surface area contributed by atoms with Gasteiger partial charge >= 0.3 is 0 Å². The minimum absolute atomic E-state index is 0.269. The lowest BCUT2D eigenvalue weighted by Gasteiger charge is -1.91. The number of aromatic nitrogens is 1. The fraction of sp³-hybridized carbons (Fsp3) is 0.182. The highest BCUT2D eigenvalue weighted by atomic mass is 16.1. The Morgan fingerprint density at radius 2 is 2.20 bits per heavy atom. The largest absolute Gasteiger partial charge is 0.361 e. The van der Waals surface area contributed by atoms with Gasteiger partial charge in [0.25, 0.3) is 5.91 Å². The normalized spacial score (nSPS) is 11.3. The molecule has 0 aliphatic heterocycles. The molecule has 4 heteroatoms. The molecule has 1 aromatic heterocycles.